The lowest BCUT2D eigenvalue weighted by atomic mass is 10.2. The molecule has 0 unspecified atom stereocenters. The molecule has 0 saturated carbocycles. The summed E-state index contributed by atoms with van der Waals surface area (Å²) in [5.74, 6) is 0.588. The standard InChI is InChI=1S/C16H12Cl2N4O2/c17-11-4-3-10(8-12(11)18)22-16(23)21-9-13-15(20-6-5-19-13)14-2-1-7-24-14/h1-8H,9H2,(H2,21,22,23). The van der Waals surface area contributed by atoms with Gasteiger partial charge in [0.1, 0.15) is 5.69 Å². The van der Waals surface area contributed by atoms with Crippen LogP contribution in [0.1, 0.15) is 5.69 Å². The molecule has 24 heavy (non-hydrogen) atoms. The predicted octanol–water partition coefficient (Wildman–Crippen LogP) is 4.37. The van der Waals surface area contributed by atoms with Crippen LogP contribution in [0.5, 0.6) is 0 Å². The molecule has 0 radical (unpaired) electrons. The number of hydrogen-bond acceptors (Lipinski definition) is 4. The Morgan fingerprint density at radius 3 is 2.71 bits per heavy atom. The van der Waals surface area contributed by atoms with Crippen LogP contribution in [0.3, 0.4) is 0 Å². The van der Waals surface area contributed by atoms with Gasteiger partial charge >= 0.3 is 6.03 Å². The minimum absolute atomic E-state index is 0.191. The third-order valence-corrected chi connectivity index (χ3v) is 3.86. The van der Waals surface area contributed by atoms with Crippen LogP contribution in [0, 0.1) is 0 Å². The van der Waals surface area contributed by atoms with Gasteiger partial charge in [-0.15, -0.1) is 0 Å². The van der Waals surface area contributed by atoms with Gasteiger partial charge in [0.15, 0.2) is 5.76 Å². The average molecular weight is 363 g/mol. The molecule has 0 aliphatic carbocycles. The van der Waals surface area contributed by atoms with E-state index in [-0.39, 0.29) is 6.54 Å². The number of nitrogens with one attached hydrogen (secondary N) is 2. The molecule has 2 heterocycles. The Bertz CT molecular complexity index is 853. The van der Waals surface area contributed by atoms with Crippen LogP contribution in [0.15, 0.2) is 53.4 Å². The van der Waals surface area contributed by atoms with Crippen molar-refractivity contribution in [3.05, 3.63) is 64.7 Å². The number of urea groups is 1. The first-order valence-electron chi connectivity index (χ1n) is 6.97. The fourth-order valence-corrected chi connectivity index (χ4v) is 2.33. The van der Waals surface area contributed by atoms with Gasteiger partial charge in [0.05, 0.1) is 28.5 Å². The van der Waals surface area contributed by atoms with E-state index in [1.54, 1.807) is 49.0 Å². The van der Waals surface area contributed by atoms with Crippen LogP contribution in [0.25, 0.3) is 11.5 Å². The van der Waals surface area contributed by atoms with Crippen molar-refractivity contribution in [3.63, 3.8) is 0 Å². The van der Waals surface area contributed by atoms with E-state index in [1.807, 2.05) is 0 Å². The first kappa shape index (κ1) is 16.3. The van der Waals surface area contributed by atoms with Crippen molar-refractivity contribution in [2.75, 3.05) is 5.32 Å². The van der Waals surface area contributed by atoms with Gasteiger partial charge in [0, 0.05) is 18.1 Å². The van der Waals surface area contributed by atoms with E-state index < -0.39 is 6.03 Å². The molecule has 0 aliphatic rings. The van der Waals surface area contributed by atoms with Gasteiger partial charge in [-0.3, -0.25) is 4.98 Å². The molecule has 2 amide bonds. The molecule has 3 rings (SSSR count). The summed E-state index contributed by atoms with van der Waals surface area (Å²) < 4.78 is 5.33. The summed E-state index contributed by atoms with van der Waals surface area (Å²) in [7, 11) is 0. The number of carbonyl (C=O) groups excluding carboxylic acids is 1. The summed E-state index contributed by atoms with van der Waals surface area (Å²) >= 11 is 11.8. The zero-order valence-corrected chi connectivity index (χ0v) is 13.8. The lowest BCUT2D eigenvalue weighted by Gasteiger charge is -2.09. The number of nitrogens with zero attached hydrogens (tertiary/aromatic N) is 2. The lowest BCUT2D eigenvalue weighted by molar-refractivity contribution is 0.251. The summed E-state index contributed by atoms with van der Waals surface area (Å²) in [6, 6.07) is 7.98. The highest BCUT2D eigenvalue weighted by Crippen LogP contribution is 2.25. The van der Waals surface area contributed by atoms with Gasteiger partial charge < -0.3 is 15.1 Å². The molecule has 2 aromatic heterocycles. The normalized spacial score (nSPS) is 10.4. The zero-order valence-electron chi connectivity index (χ0n) is 12.3. The second-order valence-corrected chi connectivity index (χ2v) is 5.58. The Morgan fingerprint density at radius 1 is 1.12 bits per heavy atom. The molecule has 0 fully saturated rings. The Kier molecular flexibility index (Phi) is 4.98. The fourth-order valence-electron chi connectivity index (χ4n) is 2.03. The van der Waals surface area contributed by atoms with Gasteiger partial charge in [-0.1, -0.05) is 23.2 Å². The molecule has 0 saturated heterocycles. The van der Waals surface area contributed by atoms with Crippen LogP contribution in [0.4, 0.5) is 10.5 Å². The number of aromatic nitrogens is 2. The maximum absolute atomic E-state index is 12.0. The first-order valence-corrected chi connectivity index (χ1v) is 7.73. The topological polar surface area (TPSA) is 80.1 Å². The molecule has 0 bridgehead atoms. The number of hydrogen-bond donors (Lipinski definition) is 2. The number of amides is 2. The molecule has 0 aliphatic heterocycles. The fraction of sp³-hybridized carbons (Fsp3) is 0.0625. The van der Waals surface area contributed by atoms with Gasteiger partial charge in [0.2, 0.25) is 0 Å². The molecule has 1 aromatic carbocycles. The van der Waals surface area contributed by atoms with Gasteiger partial charge in [-0.25, -0.2) is 9.78 Å². The number of anilines is 1. The Hall–Kier alpha value is -2.57. The number of furan rings is 1. The van der Waals surface area contributed by atoms with Crippen LogP contribution >= 0.6 is 23.2 Å². The number of benzene rings is 1. The molecule has 2 N–H and O–H groups in total. The molecule has 122 valence electrons. The average Bonchev–Trinajstić information content (AvgIpc) is 3.11. The summed E-state index contributed by atoms with van der Waals surface area (Å²) in [5, 5.41) is 6.17. The summed E-state index contributed by atoms with van der Waals surface area (Å²) in [6.45, 7) is 0.191. The van der Waals surface area contributed by atoms with Crippen molar-refractivity contribution < 1.29 is 9.21 Å². The van der Waals surface area contributed by atoms with Gasteiger partial charge in [-0.05, 0) is 30.3 Å². The van der Waals surface area contributed by atoms with Crippen LogP contribution in [-0.4, -0.2) is 16.0 Å². The highest BCUT2D eigenvalue weighted by molar-refractivity contribution is 6.42. The first-order chi connectivity index (χ1) is 11.6. The third kappa shape index (κ3) is 3.84. The maximum Gasteiger partial charge on any atom is 0.319 e. The predicted molar refractivity (Wildman–Crippen MR) is 92.1 cm³/mol. The number of rotatable bonds is 4. The highest BCUT2D eigenvalue weighted by Gasteiger charge is 2.11. The Balaban J connectivity index is 1.66. The van der Waals surface area contributed by atoms with E-state index in [2.05, 4.69) is 20.6 Å². The second kappa shape index (κ2) is 7.33. The van der Waals surface area contributed by atoms with E-state index in [1.165, 1.54) is 0 Å². The molecule has 6 nitrogen and oxygen atoms in total. The van der Waals surface area contributed by atoms with Crippen molar-refractivity contribution in [3.8, 4) is 11.5 Å². The van der Waals surface area contributed by atoms with Crippen molar-refractivity contribution in [2.24, 2.45) is 0 Å². The van der Waals surface area contributed by atoms with Crippen molar-refractivity contribution in [1.29, 1.82) is 0 Å². The quantitative estimate of drug-likeness (QED) is 0.722. The Morgan fingerprint density at radius 2 is 1.96 bits per heavy atom. The number of carbonyl (C=O) groups is 1. The van der Waals surface area contributed by atoms with Gasteiger partial charge in [-0.2, -0.15) is 0 Å². The molecular weight excluding hydrogens is 351 g/mol. The van der Waals surface area contributed by atoms with E-state index >= 15 is 0 Å². The zero-order chi connectivity index (χ0) is 16.9. The minimum atomic E-state index is -0.399. The maximum atomic E-state index is 12.0. The molecule has 0 spiro atoms. The van der Waals surface area contributed by atoms with Gasteiger partial charge in [0.25, 0.3) is 0 Å². The molecular formula is C16H12Cl2N4O2. The summed E-state index contributed by atoms with van der Waals surface area (Å²) in [6.07, 6.45) is 4.68. The molecule has 8 heteroatoms. The van der Waals surface area contributed by atoms with E-state index in [0.29, 0.717) is 32.9 Å². The second-order valence-electron chi connectivity index (χ2n) is 4.77. The van der Waals surface area contributed by atoms with E-state index in [4.69, 9.17) is 27.6 Å². The van der Waals surface area contributed by atoms with Crippen LogP contribution in [-0.2, 0) is 6.54 Å². The van der Waals surface area contributed by atoms with Crippen molar-refractivity contribution in [2.45, 2.75) is 6.54 Å². The van der Waals surface area contributed by atoms with Crippen LogP contribution < -0.4 is 10.6 Å². The van der Waals surface area contributed by atoms with Crippen LogP contribution in [0.2, 0.25) is 10.0 Å². The summed E-state index contributed by atoms with van der Waals surface area (Å²) in [4.78, 5) is 20.5. The van der Waals surface area contributed by atoms with Crippen molar-refractivity contribution in [1.82, 2.24) is 15.3 Å². The minimum Gasteiger partial charge on any atom is -0.463 e. The van der Waals surface area contributed by atoms with E-state index in [0.717, 1.165) is 0 Å². The SMILES string of the molecule is O=C(NCc1nccnc1-c1ccco1)Nc1ccc(Cl)c(Cl)c1. The lowest BCUT2D eigenvalue weighted by Crippen LogP contribution is -2.28. The number of halogens is 2. The monoisotopic (exact) mass is 362 g/mol. The smallest absolute Gasteiger partial charge is 0.319 e. The van der Waals surface area contributed by atoms with E-state index in [9.17, 15) is 4.79 Å². The summed E-state index contributed by atoms with van der Waals surface area (Å²) in [5.41, 5.74) is 1.71. The molecule has 3 aromatic rings. The largest absolute Gasteiger partial charge is 0.463 e. The third-order valence-electron chi connectivity index (χ3n) is 3.12. The van der Waals surface area contributed by atoms with Crippen molar-refractivity contribution >= 4 is 34.9 Å². The molecule has 0 atom stereocenters. The highest BCUT2D eigenvalue weighted by atomic mass is 35.5. The Labute approximate surface area is 147 Å².